The molecule has 1 aliphatic rings. The standard InChI is InChI=1S/C6H11NO3S3/c1-5-4-12-6(11)7(5)2-3-13(8,9)10/h5H,2-4H2,1H3,(H,8,9,10). The van der Waals surface area contributed by atoms with E-state index in [4.69, 9.17) is 16.8 Å². The third kappa shape index (κ3) is 3.41. The Kier molecular flexibility index (Phi) is 3.56. The van der Waals surface area contributed by atoms with E-state index in [1.165, 1.54) is 0 Å². The molecule has 1 saturated heterocycles. The highest BCUT2D eigenvalue weighted by Crippen LogP contribution is 2.23. The molecule has 13 heavy (non-hydrogen) atoms. The normalized spacial score (nSPS) is 24.0. The van der Waals surface area contributed by atoms with Gasteiger partial charge in [0, 0.05) is 18.3 Å². The van der Waals surface area contributed by atoms with Gasteiger partial charge in [0.25, 0.3) is 10.1 Å². The molecule has 1 N–H and O–H groups in total. The van der Waals surface area contributed by atoms with Crippen molar-refractivity contribution < 1.29 is 13.0 Å². The van der Waals surface area contributed by atoms with Crippen molar-refractivity contribution in [1.82, 2.24) is 4.90 Å². The van der Waals surface area contributed by atoms with E-state index >= 15 is 0 Å². The predicted octanol–water partition coefficient (Wildman–Crippen LogP) is 0.596. The van der Waals surface area contributed by atoms with Crippen LogP contribution >= 0.6 is 24.0 Å². The Hall–Kier alpha value is 0.150. The molecule has 1 atom stereocenters. The lowest BCUT2D eigenvalue weighted by Crippen LogP contribution is -2.34. The Balaban J connectivity index is 2.49. The van der Waals surface area contributed by atoms with Gasteiger partial charge < -0.3 is 4.90 Å². The van der Waals surface area contributed by atoms with Crippen LogP contribution in [-0.4, -0.2) is 46.3 Å². The highest BCUT2D eigenvalue weighted by Gasteiger charge is 2.25. The van der Waals surface area contributed by atoms with E-state index in [0.717, 1.165) is 10.1 Å². The number of hydrogen-bond acceptors (Lipinski definition) is 4. The molecule has 0 radical (unpaired) electrons. The van der Waals surface area contributed by atoms with Crippen LogP contribution in [0.2, 0.25) is 0 Å². The minimum absolute atomic E-state index is 0.252. The Labute approximate surface area is 87.4 Å². The molecule has 0 spiro atoms. The summed E-state index contributed by atoms with van der Waals surface area (Å²) in [4.78, 5) is 1.83. The second kappa shape index (κ2) is 4.12. The fourth-order valence-electron chi connectivity index (χ4n) is 1.07. The molecule has 0 bridgehead atoms. The molecule has 1 aliphatic heterocycles. The van der Waals surface area contributed by atoms with Gasteiger partial charge >= 0.3 is 0 Å². The zero-order chi connectivity index (χ0) is 10.1. The summed E-state index contributed by atoms with van der Waals surface area (Å²) in [5.74, 6) is 0.641. The number of rotatable bonds is 3. The second-order valence-corrected chi connectivity index (χ2v) is 6.13. The minimum Gasteiger partial charge on any atom is -0.353 e. The van der Waals surface area contributed by atoms with E-state index in [0.29, 0.717) is 0 Å². The van der Waals surface area contributed by atoms with Gasteiger partial charge in [0.1, 0.15) is 4.32 Å². The molecule has 4 nitrogen and oxygen atoms in total. The van der Waals surface area contributed by atoms with E-state index in [2.05, 4.69) is 0 Å². The van der Waals surface area contributed by atoms with Crippen molar-refractivity contribution in [2.24, 2.45) is 0 Å². The maximum Gasteiger partial charge on any atom is 0.266 e. The fraction of sp³-hybridized carbons (Fsp3) is 0.833. The first-order valence-electron chi connectivity index (χ1n) is 3.79. The number of thiocarbonyl (C=S) groups is 1. The Morgan fingerprint density at radius 1 is 1.77 bits per heavy atom. The molecule has 1 rings (SSSR count). The van der Waals surface area contributed by atoms with Crippen molar-refractivity contribution in [1.29, 1.82) is 0 Å². The fourth-order valence-corrected chi connectivity index (χ4v) is 2.97. The van der Waals surface area contributed by atoms with E-state index in [9.17, 15) is 8.42 Å². The van der Waals surface area contributed by atoms with Crippen LogP contribution in [0.1, 0.15) is 6.92 Å². The lowest BCUT2D eigenvalue weighted by Gasteiger charge is -2.21. The Bertz CT molecular complexity index is 300. The van der Waals surface area contributed by atoms with Gasteiger partial charge in [-0.1, -0.05) is 24.0 Å². The molecule has 0 saturated carbocycles. The first kappa shape index (κ1) is 11.2. The van der Waals surface area contributed by atoms with Crippen molar-refractivity contribution in [3.8, 4) is 0 Å². The van der Waals surface area contributed by atoms with Crippen molar-refractivity contribution in [3.63, 3.8) is 0 Å². The van der Waals surface area contributed by atoms with Gasteiger partial charge in [-0.2, -0.15) is 8.42 Å². The summed E-state index contributed by atoms with van der Waals surface area (Å²) in [5, 5.41) is 0. The summed E-state index contributed by atoms with van der Waals surface area (Å²) in [6.45, 7) is 2.27. The highest BCUT2D eigenvalue weighted by atomic mass is 32.2. The molecule has 0 aromatic heterocycles. The molecule has 76 valence electrons. The van der Waals surface area contributed by atoms with Crippen LogP contribution in [0.3, 0.4) is 0 Å². The van der Waals surface area contributed by atoms with E-state index in [-0.39, 0.29) is 18.3 Å². The molecular weight excluding hydrogens is 230 g/mol. The van der Waals surface area contributed by atoms with Crippen molar-refractivity contribution in [2.75, 3.05) is 18.1 Å². The molecule has 0 aliphatic carbocycles. The van der Waals surface area contributed by atoms with Gasteiger partial charge in [0.2, 0.25) is 0 Å². The lowest BCUT2D eigenvalue weighted by atomic mass is 10.3. The monoisotopic (exact) mass is 241 g/mol. The smallest absolute Gasteiger partial charge is 0.266 e. The number of hydrogen-bond donors (Lipinski definition) is 1. The van der Waals surface area contributed by atoms with Gasteiger partial charge in [-0.3, -0.25) is 4.55 Å². The summed E-state index contributed by atoms with van der Waals surface area (Å²) >= 11 is 6.56. The summed E-state index contributed by atoms with van der Waals surface area (Å²) < 4.78 is 30.2. The maximum atomic E-state index is 10.5. The summed E-state index contributed by atoms with van der Waals surface area (Å²) in [6.07, 6.45) is 0. The quantitative estimate of drug-likeness (QED) is 0.577. The summed E-state index contributed by atoms with van der Waals surface area (Å²) in [5.41, 5.74) is 0. The summed E-state index contributed by atoms with van der Waals surface area (Å²) in [6, 6.07) is 0.263. The van der Waals surface area contributed by atoms with Crippen LogP contribution in [0.15, 0.2) is 0 Å². The summed E-state index contributed by atoms with van der Waals surface area (Å²) in [7, 11) is -3.87. The SMILES string of the molecule is CC1CSC(=S)N1CCS(=O)(=O)O. The van der Waals surface area contributed by atoms with Gasteiger partial charge in [-0.25, -0.2) is 0 Å². The molecule has 1 unspecified atom stereocenters. The van der Waals surface area contributed by atoms with Crippen LogP contribution < -0.4 is 0 Å². The zero-order valence-electron chi connectivity index (χ0n) is 7.13. The van der Waals surface area contributed by atoms with Crippen molar-refractivity contribution in [3.05, 3.63) is 0 Å². The number of nitrogens with zero attached hydrogens (tertiary/aromatic N) is 1. The van der Waals surface area contributed by atoms with Gasteiger partial charge in [0.15, 0.2) is 0 Å². The topological polar surface area (TPSA) is 57.6 Å². The lowest BCUT2D eigenvalue weighted by molar-refractivity contribution is 0.387. The molecule has 0 amide bonds. The zero-order valence-corrected chi connectivity index (χ0v) is 9.58. The Morgan fingerprint density at radius 3 is 2.77 bits per heavy atom. The highest BCUT2D eigenvalue weighted by molar-refractivity contribution is 8.23. The third-order valence-corrected chi connectivity index (χ3v) is 4.22. The van der Waals surface area contributed by atoms with Crippen LogP contribution in [0.4, 0.5) is 0 Å². The van der Waals surface area contributed by atoms with E-state index in [1.54, 1.807) is 11.8 Å². The Morgan fingerprint density at radius 2 is 2.38 bits per heavy atom. The van der Waals surface area contributed by atoms with Crippen LogP contribution in [-0.2, 0) is 10.1 Å². The van der Waals surface area contributed by atoms with Crippen LogP contribution in [0.25, 0.3) is 0 Å². The van der Waals surface area contributed by atoms with Crippen molar-refractivity contribution >= 4 is 38.4 Å². The van der Waals surface area contributed by atoms with Gasteiger partial charge in [0.05, 0.1) is 5.75 Å². The first-order valence-corrected chi connectivity index (χ1v) is 6.79. The second-order valence-electron chi connectivity index (χ2n) is 2.91. The average molecular weight is 241 g/mol. The van der Waals surface area contributed by atoms with Gasteiger partial charge in [-0.05, 0) is 6.92 Å². The number of thioether (sulfide) groups is 1. The minimum atomic E-state index is -3.87. The van der Waals surface area contributed by atoms with E-state index in [1.807, 2.05) is 11.8 Å². The third-order valence-electron chi connectivity index (χ3n) is 1.80. The van der Waals surface area contributed by atoms with Crippen LogP contribution in [0, 0.1) is 0 Å². The molecule has 1 heterocycles. The average Bonchev–Trinajstić information content (AvgIpc) is 2.27. The molecule has 1 fully saturated rings. The van der Waals surface area contributed by atoms with Crippen molar-refractivity contribution in [2.45, 2.75) is 13.0 Å². The van der Waals surface area contributed by atoms with E-state index < -0.39 is 10.1 Å². The van der Waals surface area contributed by atoms with Gasteiger partial charge in [-0.15, -0.1) is 0 Å². The largest absolute Gasteiger partial charge is 0.353 e. The maximum absolute atomic E-state index is 10.5. The predicted molar refractivity (Wildman–Crippen MR) is 57.6 cm³/mol. The molecule has 0 aromatic rings. The van der Waals surface area contributed by atoms with Crippen LogP contribution in [0.5, 0.6) is 0 Å². The molecule has 0 aromatic carbocycles. The molecule has 7 heteroatoms. The first-order chi connectivity index (χ1) is 5.90. The molecular formula is C6H11NO3S3.